The standard InChI is InChI=1S/C19H25NO4.C17H20O4/c1-4-10-20-15-12-14(17(21)23-3)13(2)11-16(15)24-19(18(20)22)8-6-5-7-9-19;1-11-8-14-12(9-13(11)16(19)20-2)10-15(18)17(21-14)6-4-3-5-7-17/h11-12H,4-10H2,1-3H3;8-9H,3-7,10H2,1-2H3. The van der Waals surface area contributed by atoms with Crippen molar-refractivity contribution in [3.63, 3.8) is 0 Å². The minimum atomic E-state index is -0.723. The number of rotatable bonds is 4. The molecule has 0 radical (unpaired) electrons. The molecular formula is C36H45NO8. The highest BCUT2D eigenvalue weighted by atomic mass is 16.5. The monoisotopic (exact) mass is 619 g/mol. The minimum absolute atomic E-state index is 0.0382. The van der Waals surface area contributed by atoms with Gasteiger partial charge < -0.3 is 23.8 Å². The molecule has 242 valence electrons. The van der Waals surface area contributed by atoms with E-state index in [-0.39, 0.29) is 17.7 Å². The number of hydrogen-bond donors (Lipinski definition) is 0. The Bertz CT molecular complexity index is 1480. The molecule has 2 aromatic rings. The van der Waals surface area contributed by atoms with Crippen LogP contribution in [0.25, 0.3) is 0 Å². The number of fused-ring (bicyclic) bond motifs is 2. The number of methoxy groups -OCH3 is 2. The summed E-state index contributed by atoms with van der Waals surface area (Å²) in [4.78, 5) is 51.2. The van der Waals surface area contributed by atoms with Crippen molar-refractivity contribution in [3.05, 3.63) is 52.1 Å². The van der Waals surface area contributed by atoms with Crippen LogP contribution < -0.4 is 14.4 Å². The van der Waals surface area contributed by atoms with Gasteiger partial charge in [0, 0.05) is 18.5 Å². The van der Waals surface area contributed by atoms with Crippen LogP contribution in [-0.4, -0.2) is 55.6 Å². The van der Waals surface area contributed by atoms with E-state index in [2.05, 4.69) is 0 Å². The molecule has 2 spiro atoms. The zero-order valence-corrected chi connectivity index (χ0v) is 27.2. The first-order valence-corrected chi connectivity index (χ1v) is 16.3. The fourth-order valence-electron chi connectivity index (χ4n) is 7.18. The maximum atomic E-state index is 13.2. The third-order valence-electron chi connectivity index (χ3n) is 9.69. The number of ketones is 1. The van der Waals surface area contributed by atoms with Crippen LogP contribution in [0.2, 0.25) is 0 Å². The smallest absolute Gasteiger partial charge is 0.338 e. The van der Waals surface area contributed by atoms with Crippen molar-refractivity contribution in [1.82, 2.24) is 0 Å². The predicted molar refractivity (Wildman–Crippen MR) is 169 cm³/mol. The number of nitrogens with zero attached hydrogens (tertiary/aromatic N) is 1. The Morgan fingerprint density at radius 3 is 1.82 bits per heavy atom. The van der Waals surface area contributed by atoms with E-state index in [0.29, 0.717) is 35.5 Å². The van der Waals surface area contributed by atoms with Gasteiger partial charge in [-0.15, -0.1) is 0 Å². The number of carbonyl (C=O) groups is 4. The van der Waals surface area contributed by atoms with Gasteiger partial charge in [-0.05, 0) is 107 Å². The van der Waals surface area contributed by atoms with Crippen LogP contribution in [0.5, 0.6) is 11.5 Å². The second-order valence-corrected chi connectivity index (χ2v) is 12.8. The van der Waals surface area contributed by atoms with Gasteiger partial charge in [0.05, 0.1) is 31.0 Å². The maximum absolute atomic E-state index is 13.2. The number of carbonyl (C=O) groups excluding carboxylic acids is 4. The summed E-state index contributed by atoms with van der Waals surface area (Å²) < 4.78 is 22.0. The lowest BCUT2D eigenvalue weighted by Gasteiger charge is -2.44. The van der Waals surface area contributed by atoms with Gasteiger partial charge in [0.25, 0.3) is 5.91 Å². The summed E-state index contributed by atoms with van der Waals surface area (Å²) in [5.41, 5.74) is 2.74. The number of Topliss-reactive ketones (excluding diaryl/α,β-unsaturated/α-hetero) is 1. The van der Waals surface area contributed by atoms with Gasteiger partial charge in [0.15, 0.2) is 17.0 Å². The first kappa shape index (κ1) is 32.5. The van der Waals surface area contributed by atoms with E-state index in [0.717, 1.165) is 86.6 Å². The molecule has 1 amide bonds. The molecule has 2 aliphatic carbocycles. The van der Waals surface area contributed by atoms with Crippen molar-refractivity contribution in [3.8, 4) is 11.5 Å². The Kier molecular flexibility index (Phi) is 9.56. The van der Waals surface area contributed by atoms with Gasteiger partial charge in [-0.2, -0.15) is 0 Å². The van der Waals surface area contributed by atoms with E-state index >= 15 is 0 Å². The summed E-state index contributed by atoms with van der Waals surface area (Å²) in [7, 11) is 2.73. The van der Waals surface area contributed by atoms with Gasteiger partial charge in [0.1, 0.15) is 11.5 Å². The number of benzene rings is 2. The average Bonchev–Trinajstić information content (AvgIpc) is 3.04. The Balaban J connectivity index is 0.000000179. The fourth-order valence-corrected chi connectivity index (χ4v) is 7.18. The highest BCUT2D eigenvalue weighted by Crippen LogP contribution is 2.45. The topological polar surface area (TPSA) is 108 Å². The van der Waals surface area contributed by atoms with Crippen LogP contribution in [0.3, 0.4) is 0 Å². The molecule has 9 heteroatoms. The van der Waals surface area contributed by atoms with E-state index in [1.54, 1.807) is 17.0 Å². The number of ether oxygens (including phenoxy) is 4. The van der Waals surface area contributed by atoms with Gasteiger partial charge in [-0.25, -0.2) is 9.59 Å². The number of anilines is 1. The van der Waals surface area contributed by atoms with E-state index in [1.807, 2.05) is 32.9 Å². The zero-order chi connectivity index (χ0) is 32.4. The molecule has 2 heterocycles. The number of hydrogen-bond acceptors (Lipinski definition) is 8. The Hall–Kier alpha value is -3.88. The van der Waals surface area contributed by atoms with Gasteiger partial charge in [-0.3, -0.25) is 9.59 Å². The lowest BCUT2D eigenvalue weighted by Crippen LogP contribution is -2.57. The molecule has 2 aliphatic heterocycles. The molecule has 0 N–H and O–H groups in total. The zero-order valence-electron chi connectivity index (χ0n) is 27.2. The molecule has 0 atom stereocenters. The summed E-state index contributed by atoms with van der Waals surface area (Å²) in [6.45, 7) is 6.40. The van der Waals surface area contributed by atoms with Gasteiger partial charge in [0.2, 0.25) is 0 Å². The normalized spacial score (nSPS) is 19.4. The lowest BCUT2D eigenvalue weighted by atomic mass is 9.77. The molecule has 2 aromatic carbocycles. The molecule has 9 nitrogen and oxygen atoms in total. The van der Waals surface area contributed by atoms with Crippen LogP contribution in [-0.2, 0) is 25.5 Å². The summed E-state index contributed by atoms with van der Waals surface area (Å²) in [6.07, 6.45) is 10.8. The van der Waals surface area contributed by atoms with Crippen molar-refractivity contribution in [2.24, 2.45) is 0 Å². The molecule has 6 rings (SSSR count). The third kappa shape index (κ3) is 6.18. The predicted octanol–water partition coefficient (Wildman–Crippen LogP) is 6.61. The average molecular weight is 620 g/mol. The SMILES string of the molecule is CCCN1C(=O)C2(CCCCC2)Oc2cc(C)c(C(=O)OC)cc21.COC(=O)c1cc2c(cc1C)OC1(CCCCC1)C(=O)C2. The van der Waals surface area contributed by atoms with E-state index in [4.69, 9.17) is 18.9 Å². The molecule has 2 fully saturated rings. The highest BCUT2D eigenvalue weighted by Gasteiger charge is 2.49. The van der Waals surface area contributed by atoms with Crippen LogP contribution in [0.15, 0.2) is 24.3 Å². The second-order valence-electron chi connectivity index (χ2n) is 12.8. The molecule has 45 heavy (non-hydrogen) atoms. The van der Waals surface area contributed by atoms with E-state index in [1.165, 1.54) is 20.6 Å². The molecular weight excluding hydrogens is 574 g/mol. The Morgan fingerprint density at radius 2 is 1.27 bits per heavy atom. The van der Waals surface area contributed by atoms with Crippen molar-refractivity contribution < 1.29 is 38.1 Å². The number of amides is 1. The molecule has 0 unspecified atom stereocenters. The summed E-state index contributed by atoms with van der Waals surface area (Å²) >= 11 is 0. The fraction of sp³-hybridized carbons (Fsp3) is 0.556. The minimum Gasteiger partial charge on any atom is -0.479 e. The Morgan fingerprint density at radius 1 is 0.756 bits per heavy atom. The largest absolute Gasteiger partial charge is 0.479 e. The van der Waals surface area contributed by atoms with Gasteiger partial charge >= 0.3 is 11.9 Å². The van der Waals surface area contributed by atoms with E-state index in [9.17, 15) is 19.2 Å². The van der Waals surface area contributed by atoms with Crippen LogP contribution in [0, 0.1) is 13.8 Å². The van der Waals surface area contributed by atoms with Gasteiger partial charge in [-0.1, -0.05) is 19.8 Å². The van der Waals surface area contributed by atoms with Crippen molar-refractivity contribution in [2.75, 3.05) is 25.7 Å². The van der Waals surface area contributed by atoms with Crippen LogP contribution in [0.4, 0.5) is 5.69 Å². The summed E-state index contributed by atoms with van der Waals surface area (Å²) in [5.74, 6) is 0.875. The van der Waals surface area contributed by atoms with Crippen LogP contribution >= 0.6 is 0 Å². The molecule has 0 bridgehead atoms. The van der Waals surface area contributed by atoms with Crippen LogP contribution in [0.1, 0.15) is 115 Å². The first-order valence-electron chi connectivity index (χ1n) is 16.3. The van der Waals surface area contributed by atoms with Crippen molar-refractivity contribution in [2.45, 2.75) is 109 Å². The summed E-state index contributed by atoms with van der Waals surface area (Å²) in [6, 6.07) is 7.21. The quantitative estimate of drug-likeness (QED) is 0.352. The third-order valence-corrected chi connectivity index (χ3v) is 9.69. The summed E-state index contributed by atoms with van der Waals surface area (Å²) in [5, 5.41) is 0. The number of aryl methyl sites for hydroxylation is 2. The number of esters is 2. The first-order chi connectivity index (χ1) is 21.6. The highest BCUT2D eigenvalue weighted by molar-refractivity contribution is 6.04. The molecule has 0 aromatic heterocycles. The van der Waals surface area contributed by atoms with Crippen molar-refractivity contribution in [1.29, 1.82) is 0 Å². The lowest BCUT2D eigenvalue weighted by molar-refractivity contribution is -0.139. The molecule has 2 saturated carbocycles. The molecule has 0 saturated heterocycles. The molecule has 4 aliphatic rings. The maximum Gasteiger partial charge on any atom is 0.338 e. The Labute approximate surface area is 265 Å². The van der Waals surface area contributed by atoms with E-state index < -0.39 is 17.2 Å². The van der Waals surface area contributed by atoms with Crippen molar-refractivity contribution >= 4 is 29.3 Å². The second kappa shape index (κ2) is 13.2.